The molecule has 4 aromatic rings. The van der Waals surface area contributed by atoms with E-state index in [2.05, 4.69) is 79.6 Å². The van der Waals surface area contributed by atoms with Crippen molar-refractivity contribution in [1.29, 1.82) is 0 Å². The number of carbonyl (C=O) groups excluding carboxylic acids is 1. The van der Waals surface area contributed by atoms with Crippen molar-refractivity contribution >= 4 is 64.8 Å². The minimum absolute atomic E-state index is 0.145. The topological polar surface area (TPSA) is 153 Å². The highest BCUT2D eigenvalue weighted by molar-refractivity contribution is 7.85. The number of benzene rings is 4. The summed E-state index contributed by atoms with van der Waals surface area (Å²) in [5.41, 5.74) is 6.47. The molecule has 0 saturated carbocycles. The number of esters is 1. The highest BCUT2D eigenvalue weighted by Crippen LogP contribution is 2.51. The summed E-state index contributed by atoms with van der Waals surface area (Å²) in [5.74, 6) is -1.11. The monoisotopic (exact) mass is 852 g/mol. The number of nitrogens with zero attached hydrogens (tertiary/aromatic N) is 2. The molecule has 0 aromatic heterocycles. The molecular formula is C47H52N2O9S2. The number of carbonyl (C=O) groups is 1. The molecule has 0 bridgehead atoms. The lowest BCUT2D eigenvalue weighted by Crippen LogP contribution is -2.29. The summed E-state index contributed by atoms with van der Waals surface area (Å²) in [5, 5.41) is 4.34. The van der Waals surface area contributed by atoms with E-state index in [9.17, 15) is 30.7 Å². The van der Waals surface area contributed by atoms with E-state index in [0.29, 0.717) is 31.7 Å². The Bertz CT molecular complexity index is 2780. The molecule has 7 rings (SSSR count). The minimum Gasteiger partial charge on any atom is -0.748 e. The van der Waals surface area contributed by atoms with Gasteiger partial charge >= 0.3 is 5.97 Å². The van der Waals surface area contributed by atoms with Crippen molar-refractivity contribution < 1.29 is 44.8 Å². The Morgan fingerprint density at radius 1 is 0.833 bits per heavy atom. The summed E-state index contributed by atoms with van der Waals surface area (Å²) >= 11 is 0. The molecule has 1 unspecified atom stereocenters. The number of rotatable bonds is 13. The van der Waals surface area contributed by atoms with Gasteiger partial charge < -0.3 is 18.9 Å². The van der Waals surface area contributed by atoms with Crippen molar-refractivity contribution in [2.24, 2.45) is 5.92 Å². The molecule has 0 radical (unpaired) electrons. The van der Waals surface area contributed by atoms with Crippen LogP contribution in [0.3, 0.4) is 0 Å². The lowest BCUT2D eigenvalue weighted by atomic mass is 9.78. The molecule has 2 aliphatic heterocycles. The van der Waals surface area contributed by atoms with Crippen LogP contribution in [0.25, 0.3) is 21.5 Å². The second kappa shape index (κ2) is 16.4. The van der Waals surface area contributed by atoms with E-state index >= 15 is 0 Å². The fourth-order valence-electron chi connectivity index (χ4n) is 9.59. The smallest absolute Gasteiger partial charge is 0.309 e. The van der Waals surface area contributed by atoms with Crippen molar-refractivity contribution in [3.63, 3.8) is 0 Å². The van der Waals surface area contributed by atoms with Crippen LogP contribution in [0.1, 0.15) is 64.5 Å². The molecule has 1 atom stereocenters. The van der Waals surface area contributed by atoms with Crippen LogP contribution in [0, 0.1) is 5.92 Å². The molecule has 3 aliphatic rings. The van der Waals surface area contributed by atoms with E-state index < -0.39 is 42.7 Å². The second-order valence-electron chi connectivity index (χ2n) is 16.8. The zero-order valence-electron chi connectivity index (χ0n) is 34.9. The summed E-state index contributed by atoms with van der Waals surface area (Å²) in [6, 6.07) is 24.5. The summed E-state index contributed by atoms with van der Waals surface area (Å²) in [6.45, 7) is 9.21. The first kappa shape index (κ1) is 43.0. The number of ether oxygens (including phenoxy) is 2. The van der Waals surface area contributed by atoms with Gasteiger partial charge in [0, 0.05) is 53.2 Å². The molecule has 13 heteroatoms. The van der Waals surface area contributed by atoms with Crippen LogP contribution in [0.5, 0.6) is 0 Å². The Morgan fingerprint density at radius 2 is 1.48 bits per heavy atom. The third-order valence-corrected chi connectivity index (χ3v) is 13.8. The maximum Gasteiger partial charge on any atom is 0.309 e. The molecule has 11 nitrogen and oxygen atoms in total. The maximum absolute atomic E-state index is 13.3. The Labute approximate surface area is 352 Å². The van der Waals surface area contributed by atoms with E-state index in [1.807, 2.05) is 54.6 Å². The Kier molecular flexibility index (Phi) is 11.8. The Balaban J connectivity index is 1.34. The number of anilines is 1. The van der Waals surface area contributed by atoms with Gasteiger partial charge in [-0.25, -0.2) is 8.42 Å². The highest BCUT2D eigenvalue weighted by atomic mass is 32.2. The molecule has 0 amide bonds. The third kappa shape index (κ3) is 8.32. The van der Waals surface area contributed by atoms with E-state index in [-0.39, 0.29) is 24.6 Å². The number of methoxy groups -OCH3 is 2. The van der Waals surface area contributed by atoms with E-state index in [4.69, 9.17) is 9.47 Å². The summed E-state index contributed by atoms with van der Waals surface area (Å²) < 4.78 is 81.7. The quantitative estimate of drug-likeness (QED) is 0.0791. The number of hydrogen-bond acceptors (Lipinski definition) is 9. The maximum atomic E-state index is 13.3. The van der Waals surface area contributed by atoms with Gasteiger partial charge in [-0.1, -0.05) is 74.5 Å². The molecule has 0 saturated heterocycles. The number of fused-ring (bicyclic) bond motifs is 6. The molecule has 0 spiro atoms. The first-order chi connectivity index (χ1) is 28.4. The Morgan fingerprint density at radius 3 is 2.12 bits per heavy atom. The number of hydrogen-bond donors (Lipinski definition) is 1. The summed E-state index contributed by atoms with van der Waals surface area (Å²) in [7, 11) is -5.60. The second-order valence-corrected chi connectivity index (χ2v) is 19.9. The lowest BCUT2D eigenvalue weighted by molar-refractivity contribution is -0.437. The molecule has 1 aliphatic carbocycles. The average molecular weight is 853 g/mol. The Hall–Kier alpha value is -5.08. The average Bonchev–Trinajstić information content (AvgIpc) is 3.55. The molecule has 2 heterocycles. The van der Waals surface area contributed by atoms with Gasteiger partial charge in [0.2, 0.25) is 5.69 Å². The normalized spacial score (nSPS) is 20.2. The summed E-state index contributed by atoms with van der Waals surface area (Å²) in [4.78, 5) is 15.4. The van der Waals surface area contributed by atoms with Crippen LogP contribution >= 0.6 is 0 Å². The molecule has 1 N–H and O–H groups in total. The molecular weight excluding hydrogens is 801 g/mol. The lowest BCUT2D eigenvalue weighted by Gasteiger charge is -2.28. The molecule has 316 valence electrons. The van der Waals surface area contributed by atoms with Crippen LogP contribution < -0.4 is 4.90 Å². The van der Waals surface area contributed by atoms with E-state index in [0.717, 1.165) is 66.6 Å². The minimum atomic E-state index is -4.42. The molecule has 4 aromatic carbocycles. The van der Waals surface area contributed by atoms with Gasteiger partial charge in [0.1, 0.15) is 12.3 Å². The largest absolute Gasteiger partial charge is 0.748 e. The van der Waals surface area contributed by atoms with Crippen molar-refractivity contribution in [3.8, 4) is 0 Å². The summed E-state index contributed by atoms with van der Waals surface area (Å²) in [6.07, 6.45) is 9.05. The van der Waals surface area contributed by atoms with E-state index in [1.54, 1.807) is 7.11 Å². The third-order valence-electron chi connectivity index (χ3n) is 12.2. The SMILES string of the molecule is COC(=O)C1CC(/C=C/C2=[N+](CCCS(=O)(=O)[O-])c3ccc4ccccc4c3C2(C)C)=C(OC)C(=C/C=C2/N(CCCS(=O)(=O)O)c3ccc4ccccc4c3C2(C)C)/C1. The first-order valence-corrected chi connectivity index (χ1v) is 23.3. The van der Waals surface area contributed by atoms with Gasteiger partial charge in [0.25, 0.3) is 10.1 Å². The molecule has 60 heavy (non-hydrogen) atoms. The van der Waals surface area contributed by atoms with Crippen LogP contribution in [0.15, 0.2) is 120 Å². The predicted molar refractivity (Wildman–Crippen MR) is 235 cm³/mol. The van der Waals surface area contributed by atoms with Crippen molar-refractivity contribution in [3.05, 3.63) is 131 Å². The van der Waals surface area contributed by atoms with Crippen LogP contribution in [-0.4, -0.2) is 81.0 Å². The number of allylic oxidation sites excluding steroid dienone is 7. The zero-order valence-corrected chi connectivity index (χ0v) is 36.5. The van der Waals surface area contributed by atoms with Crippen molar-refractivity contribution in [2.75, 3.05) is 43.7 Å². The van der Waals surface area contributed by atoms with Crippen molar-refractivity contribution in [1.82, 2.24) is 0 Å². The van der Waals surface area contributed by atoms with Gasteiger partial charge in [-0.3, -0.25) is 9.35 Å². The first-order valence-electron chi connectivity index (χ1n) is 20.2. The van der Waals surface area contributed by atoms with Gasteiger partial charge in [0.15, 0.2) is 5.71 Å². The standard InChI is InChI=1S/C47H52N2O9S2/c1-46(2)40(48(25-11-27-59(51,52)53)38-21-17-31-13-7-9-15-36(31)42(38)46)23-19-33-29-35(45(50)58-6)30-34(44(33)57-5)20-24-41-47(3,4)43-37-16-10-8-14-32(37)18-22-39(43)49(41)26-12-28-60(54,55)56/h7-10,13-24,35H,11-12,25-30H2,1-6H3,(H-,51,52,53,54,55,56). The van der Waals surface area contributed by atoms with Crippen molar-refractivity contribution in [2.45, 2.75) is 64.2 Å². The van der Waals surface area contributed by atoms with Gasteiger partial charge in [-0.05, 0) is 95.6 Å². The zero-order chi connectivity index (χ0) is 43.2. The van der Waals surface area contributed by atoms with Crippen LogP contribution in [0.4, 0.5) is 11.4 Å². The highest BCUT2D eigenvalue weighted by Gasteiger charge is 2.46. The van der Waals surface area contributed by atoms with Crippen LogP contribution in [-0.2, 0) is 45.3 Å². The predicted octanol–water partition coefficient (Wildman–Crippen LogP) is 8.23. The van der Waals surface area contributed by atoms with E-state index in [1.165, 1.54) is 7.11 Å². The molecule has 0 fully saturated rings. The fraction of sp³-hybridized carbons (Fsp3) is 0.362. The fourth-order valence-corrected chi connectivity index (χ4v) is 10.6. The van der Waals surface area contributed by atoms with Gasteiger partial charge in [-0.2, -0.15) is 13.0 Å². The van der Waals surface area contributed by atoms with Gasteiger partial charge in [-0.15, -0.1) is 0 Å². The van der Waals surface area contributed by atoms with Gasteiger partial charge in [0.05, 0.1) is 41.4 Å². The van der Waals surface area contributed by atoms with Crippen LogP contribution in [0.2, 0.25) is 0 Å².